The number of aromatic nitrogens is 1. The van der Waals surface area contributed by atoms with Gasteiger partial charge in [0.25, 0.3) is 11.8 Å². The highest BCUT2D eigenvalue weighted by atomic mass is 32.1. The number of ether oxygens (including phenoxy) is 3. The van der Waals surface area contributed by atoms with Gasteiger partial charge in [0, 0.05) is 11.9 Å². The summed E-state index contributed by atoms with van der Waals surface area (Å²) in [6.07, 6.45) is -4.15. The van der Waals surface area contributed by atoms with Crippen molar-refractivity contribution >= 4 is 23.2 Å². The number of carbonyl (C=O) groups excluding carboxylic acids is 2. The van der Waals surface area contributed by atoms with Crippen molar-refractivity contribution in [2.24, 2.45) is 0 Å². The first-order valence-electron chi connectivity index (χ1n) is 10.3. The number of halogens is 3. The van der Waals surface area contributed by atoms with E-state index in [2.05, 4.69) is 20.4 Å². The molecule has 0 bridgehead atoms. The van der Waals surface area contributed by atoms with Crippen molar-refractivity contribution in [3.8, 4) is 17.2 Å². The van der Waals surface area contributed by atoms with Crippen LogP contribution in [-0.2, 0) is 17.8 Å². The summed E-state index contributed by atoms with van der Waals surface area (Å²) in [5.74, 6) is -0.211. The van der Waals surface area contributed by atoms with Gasteiger partial charge >= 0.3 is 6.36 Å². The number of amides is 2. The SMILES string of the molecule is COc1cccc(CCNC(=O)c2csc(CNC(=O)COc3ccc(OC(F)(F)F)cc3)n2)c1. The molecular weight excluding hydrogens is 487 g/mol. The largest absolute Gasteiger partial charge is 0.573 e. The zero-order chi connectivity index (χ0) is 25.3. The Morgan fingerprint density at radius 3 is 2.49 bits per heavy atom. The maximum absolute atomic E-state index is 12.3. The third kappa shape index (κ3) is 8.81. The van der Waals surface area contributed by atoms with Crippen LogP contribution in [-0.4, -0.2) is 43.4 Å². The Kier molecular flexibility index (Phi) is 8.90. The van der Waals surface area contributed by atoms with Gasteiger partial charge in [-0.05, 0) is 48.4 Å². The molecule has 35 heavy (non-hydrogen) atoms. The molecule has 0 spiro atoms. The summed E-state index contributed by atoms with van der Waals surface area (Å²) in [6, 6.07) is 12.3. The molecule has 2 amide bonds. The minimum absolute atomic E-state index is 0.0995. The summed E-state index contributed by atoms with van der Waals surface area (Å²) in [7, 11) is 1.59. The van der Waals surface area contributed by atoms with E-state index in [1.54, 1.807) is 12.5 Å². The Bertz CT molecular complexity index is 1140. The fourth-order valence-corrected chi connectivity index (χ4v) is 3.56. The molecule has 0 fully saturated rings. The van der Waals surface area contributed by atoms with Crippen molar-refractivity contribution in [3.63, 3.8) is 0 Å². The smallest absolute Gasteiger partial charge is 0.497 e. The number of hydrogen-bond acceptors (Lipinski definition) is 7. The topological polar surface area (TPSA) is 98.8 Å². The molecule has 3 rings (SSSR count). The average molecular weight is 510 g/mol. The summed E-state index contributed by atoms with van der Waals surface area (Å²) in [6.45, 7) is 0.182. The highest BCUT2D eigenvalue weighted by Crippen LogP contribution is 2.24. The van der Waals surface area contributed by atoms with Crippen molar-refractivity contribution in [2.45, 2.75) is 19.3 Å². The number of methoxy groups -OCH3 is 1. The molecule has 0 saturated carbocycles. The molecule has 1 heterocycles. The van der Waals surface area contributed by atoms with Crippen LogP contribution in [0, 0.1) is 0 Å². The van der Waals surface area contributed by atoms with Crippen LogP contribution in [0.5, 0.6) is 17.2 Å². The lowest BCUT2D eigenvalue weighted by molar-refractivity contribution is -0.274. The van der Waals surface area contributed by atoms with Gasteiger partial charge in [-0.25, -0.2) is 4.98 Å². The Balaban J connectivity index is 1.37. The Labute approximate surface area is 203 Å². The number of thiazole rings is 1. The monoisotopic (exact) mass is 509 g/mol. The van der Waals surface area contributed by atoms with Gasteiger partial charge in [-0.3, -0.25) is 9.59 Å². The summed E-state index contributed by atoms with van der Waals surface area (Å²) < 4.78 is 50.7. The standard InChI is InChI=1S/C23H22F3N3O5S/c1-32-18-4-2-3-15(11-18)9-10-27-22(31)19-14-35-21(29-19)12-28-20(30)13-33-16-5-7-17(8-6-16)34-23(24,25)26/h2-8,11,14H,9-10,12-13H2,1H3,(H,27,31)(H,28,30). The molecule has 0 saturated heterocycles. The van der Waals surface area contributed by atoms with Crippen molar-refractivity contribution in [1.29, 1.82) is 0 Å². The van der Waals surface area contributed by atoms with E-state index in [4.69, 9.17) is 9.47 Å². The molecule has 1 aromatic heterocycles. The number of hydrogen-bond donors (Lipinski definition) is 2. The van der Waals surface area contributed by atoms with E-state index in [1.807, 2.05) is 24.3 Å². The van der Waals surface area contributed by atoms with Gasteiger partial charge in [-0.15, -0.1) is 24.5 Å². The third-order valence-electron chi connectivity index (χ3n) is 4.48. The van der Waals surface area contributed by atoms with Crippen LogP contribution in [0.25, 0.3) is 0 Å². The lowest BCUT2D eigenvalue weighted by atomic mass is 10.1. The van der Waals surface area contributed by atoms with Gasteiger partial charge < -0.3 is 24.8 Å². The summed E-state index contributed by atoms with van der Waals surface area (Å²) >= 11 is 1.23. The second kappa shape index (κ2) is 12.1. The lowest BCUT2D eigenvalue weighted by Crippen LogP contribution is -2.28. The number of benzene rings is 2. The van der Waals surface area contributed by atoms with Gasteiger partial charge in [0.1, 0.15) is 28.0 Å². The first-order chi connectivity index (χ1) is 16.7. The molecule has 2 aromatic carbocycles. The molecule has 0 unspecified atom stereocenters. The van der Waals surface area contributed by atoms with E-state index < -0.39 is 18.0 Å². The second-order valence-corrected chi connectivity index (χ2v) is 8.01. The molecule has 8 nitrogen and oxygen atoms in total. The minimum atomic E-state index is -4.78. The van der Waals surface area contributed by atoms with E-state index in [9.17, 15) is 22.8 Å². The zero-order valence-electron chi connectivity index (χ0n) is 18.6. The van der Waals surface area contributed by atoms with E-state index >= 15 is 0 Å². The fourth-order valence-electron chi connectivity index (χ4n) is 2.85. The molecule has 0 aliphatic rings. The number of rotatable bonds is 11. The maximum Gasteiger partial charge on any atom is 0.573 e. The predicted molar refractivity (Wildman–Crippen MR) is 122 cm³/mol. The summed E-state index contributed by atoms with van der Waals surface area (Å²) in [5, 5.41) is 7.54. The Hall–Kier alpha value is -3.80. The molecule has 0 atom stereocenters. The zero-order valence-corrected chi connectivity index (χ0v) is 19.4. The molecule has 0 radical (unpaired) electrons. The van der Waals surface area contributed by atoms with Gasteiger partial charge in [0.05, 0.1) is 13.7 Å². The van der Waals surface area contributed by atoms with E-state index in [0.29, 0.717) is 18.0 Å². The van der Waals surface area contributed by atoms with Crippen LogP contribution in [0.1, 0.15) is 21.1 Å². The molecule has 3 aromatic rings. The van der Waals surface area contributed by atoms with Crippen LogP contribution in [0.4, 0.5) is 13.2 Å². The molecule has 186 valence electrons. The van der Waals surface area contributed by atoms with Crippen LogP contribution in [0.2, 0.25) is 0 Å². The van der Waals surface area contributed by atoms with Gasteiger partial charge in [-0.2, -0.15) is 0 Å². The minimum Gasteiger partial charge on any atom is -0.497 e. The van der Waals surface area contributed by atoms with Crippen molar-refractivity contribution < 1.29 is 37.0 Å². The molecule has 0 aliphatic carbocycles. The summed E-state index contributed by atoms with van der Waals surface area (Å²) in [5.41, 5.74) is 1.28. The Morgan fingerprint density at radius 1 is 1.03 bits per heavy atom. The number of alkyl halides is 3. The van der Waals surface area contributed by atoms with Crippen LogP contribution in [0.15, 0.2) is 53.9 Å². The second-order valence-electron chi connectivity index (χ2n) is 7.07. The molecule has 2 N–H and O–H groups in total. The van der Waals surface area contributed by atoms with Gasteiger partial charge in [0.15, 0.2) is 6.61 Å². The van der Waals surface area contributed by atoms with Crippen LogP contribution in [0.3, 0.4) is 0 Å². The first-order valence-corrected chi connectivity index (χ1v) is 11.2. The highest BCUT2D eigenvalue weighted by Gasteiger charge is 2.31. The number of nitrogens with zero attached hydrogens (tertiary/aromatic N) is 1. The van der Waals surface area contributed by atoms with Crippen molar-refractivity contribution in [3.05, 3.63) is 70.2 Å². The van der Waals surface area contributed by atoms with Crippen LogP contribution < -0.4 is 24.8 Å². The molecule has 0 aliphatic heterocycles. The van der Waals surface area contributed by atoms with E-state index in [0.717, 1.165) is 23.4 Å². The number of nitrogens with one attached hydrogen (secondary N) is 2. The quantitative estimate of drug-likeness (QED) is 0.409. The third-order valence-corrected chi connectivity index (χ3v) is 5.33. The van der Waals surface area contributed by atoms with Gasteiger partial charge in [-0.1, -0.05) is 12.1 Å². The predicted octanol–water partition coefficient (Wildman–Crippen LogP) is 3.72. The van der Waals surface area contributed by atoms with E-state index in [1.165, 1.54) is 23.5 Å². The fraction of sp³-hybridized carbons (Fsp3) is 0.261. The van der Waals surface area contributed by atoms with Gasteiger partial charge in [0.2, 0.25) is 0 Å². The van der Waals surface area contributed by atoms with Crippen LogP contribution >= 0.6 is 11.3 Å². The first kappa shape index (κ1) is 25.8. The lowest BCUT2D eigenvalue weighted by Gasteiger charge is -2.10. The summed E-state index contributed by atoms with van der Waals surface area (Å²) in [4.78, 5) is 28.5. The molecular formula is C23H22F3N3O5S. The van der Waals surface area contributed by atoms with E-state index in [-0.39, 0.29) is 30.5 Å². The normalized spacial score (nSPS) is 11.0. The highest BCUT2D eigenvalue weighted by molar-refractivity contribution is 7.09. The van der Waals surface area contributed by atoms with Crippen molar-refractivity contribution in [1.82, 2.24) is 15.6 Å². The average Bonchev–Trinajstić information content (AvgIpc) is 3.31. The molecule has 12 heteroatoms. The number of carbonyl (C=O) groups is 2. The Morgan fingerprint density at radius 2 is 1.77 bits per heavy atom. The van der Waals surface area contributed by atoms with Crippen molar-refractivity contribution in [2.75, 3.05) is 20.3 Å². The maximum atomic E-state index is 12.3.